The van der Waals surface area contributed by atoms with Crippen molar-refractivity contribution in [2.24, 2.45) is 0 Å². The van der Waals surface area contributed by atoms with Gasteiger partial charge < -0.3 is 15.6 Å². The minimum Gasteiger partial charge on any atom is -0.399 e. The fraction of sp³-hybridized carbons (Fsp3) is 0.417. The number of nitrogens with two attached hydrogens (primary N) is 1. The van der Waals surface area contributed by atoms with Gasteiger partial charge in [0.2, 0.25) is 5.95 Å². The average Bonchev–Trinajstić information content (AvgIpc) is 2.72. The SMILES string of the molecule is CC1CSCCN1c1nc2ccc(N)cc2[nH]1. The highest BCUT2D eigenvalue weighted by Gasteiger charge is 2.21. The first-order valence-electron chi connectivity index (χ1n) is 5.83. The number of nitrogen functional groups attached to an aromatic ring is 1. The zero-order chi connectivity index (χ0) is 11.8. The number of anilines is 2. The van der Waals surface area contributed by atoms with Crippen LogP contribution in [0.3, 0.4) is 0 Å². The lowest BCUT2D eigenvalue weighted by molar-refractivity contribution is 0.683. The van der Waals surface area contributed by atoms with E-state index in [1.807, 2.05) is 30.0 Å². The number of imidazole rings is 1. The van der Waals surface area contributed by atoms with Gasteiger partial charge in [0.1, 0.15) is 0 Å². The Balaban J connectivity index is 1.99. The number of hydrogen-bond donors (Lipinski definition) is 2. The molecule has 1 atom stereocenters. The molecule has 5 heteroatoms. The summed E-state index contributed by atoms with van der Waals surface area (Å²) in [5.74, 6) is 3.31. The van der Waals surface area contributed by atoms with E-state index in [4.69, 9.17) is 5.73 Å². The Bertz CT molecular complexity index is 536. The zero-order valence-electron chi connectivity index (χ0n) is 9.81. The van der Waals surface area contributed by atoms with E-state index in [-0.39, 0.29) is 0 Å². The summed E-state index contributed by atoms with van der Waals surface area (Å²) in [6.45, 7) is 3.30. The number of fused-ring (bicyclic) bond motifs is 1. The average molecular weight is 248 g/mol. The van der Waals surface area contributed by atoms with Gasteiger partial charge in [-0.05, 0) is 25.1 Å². The lowest BCUT2D eigenvalue weighted by atomic mass is 10.3. The second kappa shape index (κ2) is 4.14. The van der Waals surface area contributed by atoms with Gasteiger partial charge in [0, 0.05) is 29.8 Å². The first-order valence-corrected chi connectivity index (χ1v) is 6.99. The van der Waals surface area contributed by atoms with Gasteiger partial charge in [-0.15, -0.1) is 0 Å². The molecule has 2 aromatic rings. The summed E-state index contributed by atoms with van der Waals surface area (Å²) >= 11 is 2.01. The molecule has 0 bridgehead atoms. The molecule has 4 nitrogen and oxygen atoms in total. The maximum atomic E-state index is 5.77. The molecule has 0 spiro atoms. The highest BCUT2D eigenvalue weighted by atomic mass is 32.2. The van der Waals surface area contributed by atoms with Gasteiger partial charge in [0.05, 0.1) is 11.0 Å². The fourth-order valence-electron chi connectivity index (χ4n) is 2.19. The Labute approximate surface area is 105 Å². The molecule has 3 rings (SSSR count). The van der Waals surface area contributed by atoms with Crippen LogP contribution in [0.5, 0.6) is 0 Å². The van der Waals surface area contributed by atoms with E-state index in [1.54, 1.807) is 0 Å². The van der Waals surface area contributed by atoms with Gasteiger partial charge in [-0.2, -0.15) is 11.8 Å². The number of hydrogen-bond acceptors (Lipinski definition) is 4. The number of aromatic nitrogens is 2. The van der Waals surface area contributed by atoms with E-state index in [0.717, 1.165) is 29.2 Å². The van der Waals surface area contributed by atoms with Crippen molar-refractivity contribution in [3.63, 3.8) is 0 Å². The van der Waals surface area contributed by atoms with Crippen molar-refractivity contribution in [3.8, 4) is 0 Å². The molecule has 2 heterocycles. The van der Waals surface area contributed by atoms with Crippen molar-refractivity contribution in [1.29, 1.82) is 0 Å². The van der Waals surface area contributed by atoms with E-state index >= 15 is 0 Å². The van der Waals surface area contributed by atoms with Crippen LogP contribution in [0.15, 0.2) is 18.2 Å². The van der Waals surface area contributed by atoms with Gasteiger partial charge in [0.15, 0.2) is 0 Å². The number of H-pyrrole nitrogens is 1. The molecule has 1 unspecified atom stereocenters. The molecule has 1 saturated heterocycles. The van der Waals surface area contributed by atoms with E-state index in [0.29, 0.717) is 6.04 Å². The maximum Gasteiger partial charge on any atom is 0.204 e. The van der Waals surface area contributed by atoms with E-state index in [2.05, 4.69) is 21.8 Å². The van der Waals surface area contributed by atoms with E-state index in [1.165, 1.54) is 11.5 Å². The standard InChI is InChI=1S/C12H16N4S/c1-8-7-17-5-4-16(8)12-14-10-3-2-9(13)6-11(10)15-12/h2-3,6,8H,4-5,7,13H2,1H3,(H,14,15). The van der Waals surface area contributed by atoms with Crippen molar-refractivity contribution in [2.75, 3.05) is 28.7 Å². The van der Waals surface area contributed by atoms with Crippen LogP contribution in [0.1, 0.15) is 6.92 Å². The van der Waals surface area contributed by atoms with E-state index in [9.17, 15) is 0 Å². The minimum atomic E-state index is 0.534. The first-order chi connectivity index (χ1) is 8.24. The van der Waals surface area contributed by atoms with Crippen molar-refractivity contribution in [2.45, 2.75) is 13.0 Å². The smallest absolute Gasteiger partial charge is 0.204 e. The van der Waals surface area contributed by atoms with Gasteiger partial charge in [-0.1, -0.05) is 0 Å². The molecule has 90 valence electrons. The third kappa shape index (κ3) is 1.95. The molecule has 1 aromatic heterocycles. The molecule has 0 radical (unpaired) electrons. The summed E-state index contributed by atoms with van der Waals surface area (Å²) < 4.78 is 0. The van der Waals surface area contributed by atoms with Gasteiger partial charge >= 0.3 is 0 Å². The molecule has 0 saturated carbocycles. The largest absolute Gasteiger partial charge is 0.399 e. The molecule has 1 fully saturated rings. The monoisotopic (exact) mass is 248 g/mol. The molecule has 1 aliphatic rings. The molecule has 0 aliphatic carbocycles. The molecular formula is C12H16N4S. The van der Waals surface area contributed by atoms with Crippen LogP contribution >= 0.6 is 11.8 Å². The Hall–Kier alpha value is -1.36. The predicted octanol–water partition coefficient (Wildman–Crippen LogP) is 2.09. The van der Waals surface area contributed by atoms with Crippen LogP contribution in [0.4, 0.5) is 11.6 Å². The molecule has 17 heavy (non-hydrogen) atoms. The number of nitrogens with one attached hydrogen (secondary N) is 1. The summed E-state index contributed by atoms with van der Waals surface area (Å²) in [6, 6.07) is 6.33. The fourth-order valence-corrected chi connectivity index (χ4v) is 3.21. The summed E-state index contributed by atoms with van der Waals surface area (Å²) in [5.41, 5.74) is 8.55. The van der Waals surface area contributed by atoms with Crippen LogP contribution in [0.2, 0.25) is 0 Å². The Morgan fingerprint density at radius 1 is 1.53 bits per heavy atom. The Morgan fingerprint density at radius 3 is 3.24 bits per heavy atom. The van der Waals surface area contributed by atoms with Crippen LogP contribution < -0.4 is 10.6 Å². The predicted molar refractivity (Wildman–Crippen MR) is 74.6 cm³/mol. The number of benzene rings is 1. The topological polar surface area (TPSA) is 57.9 Å². The van der Waals surface area contributed by atoms with Crippen molar-refractivity contribution in [1.82, 2.24) is 9.97 Å². The summed E-state index contributed by atoms with van der Waals surface area (Å²) in [5, 5.41) is 0. The van der Waals surface area contributed by atoms with E-state index < -0.39 is 0 Å². The summed E-state index contributed by atoms with van der Waals surface area (Å²) in [6.07, 6.45) is 0. The molecule has 3 N–H and O–H groups in total. The molecule has 1 aromatic carbocycles. The minimum absolute atomic E-state index is 0.534. The third-order valence-corrected chi connectivity index (χ3v) is 4.32. The van der Waals surface area contributed by atoms with Crippen LogP contribution in [-0.4, -0.2) is 34.1 Å². The Morgan fingerprint density at radius 2 is 2.41 bits per heavy atom. The third-order valence-electron chi connectivity index (χ3n) is 3.13. The highest BCUT2D eigenvalue weighted by Crippen LogP contribution is 2.24. The number of aromatic amines is 1. The second-order valence-electron chi connectivity index (χ2n) is 4.45. The normalized spacial score (nSPS) is 21.0. The molecule has 1 aliphatic heterocycles. The van der Waals surface area contributed by atoms with Gasteiger partial charge in [0.25, 0.3) is 0 Å². The van der Waals surface area contributed by atoms with Crippen molar-refractivity contribution >= 4 is 34.4 Å². The first kappa shape index (κ1) is 10.8. The highest BCUT2D eigenvalue weighted by molar-refractivity contribution is 7.99. The van der Waals surface area contributed by atoms with Crippen molar-refractivity contribution < 1.29 is 0 Å². The lowest BCUT2D eigenvalue weighted by Crippen LogP contribution is -2.41. The van der Waals surface area contributed by atoms with Crippen LogP contribution in [0.25, 0.3) is 11.0 Å². The van der Waals surface area contributed by atoms with Gasteiger partial charge in [-0.3, -0.25) is 0 Å². The maximum absolute atomic E-state index is 5.77. The summed E-state index contributed by atoms with van der Waals surface area (Å²) in [7, 11) is 0. The Kier molecular flexibility index (Phi) is 2.63. The number of nitrogens with zero attached hydrogens (tertiary/aromatic N) is 2. The summed E-state index contributed by atoms with van der Waals surface area (Å²) in [4.78, 5) is 10.3. The quantitative estimate of drug-likeness (QED) is 0.759. The van der Waals surface area contributed by atoms with Crippen molar-refractivity contribution in [3.05, 3.63) is 18.2 Å². The number of rotatable bonds is 1. The second-order valence-corrected chi connectivity index (χ2v) is 5.60. The zero-order valence-corrected chi connectivity index (χ0v) is 10.6. The lowest BCUT2D eigenvalue weighted by Gasteiger charge is -2.32. The molecular weight excluding hydrogens is 232 g/mol. The van der Waals surface area contributed by atoms with Crippen LogP contribution in [0, 0.1) is 0 Å². The van der Waals surface area contributed by atoms with Crippen LogP contribution in [-0.2, 0) is 0 Å². The molecule has 0 amide bonds. The number of thioether (sulfide) groups is 1. The van der Waals surface area contributed by atoms with Gasteiger partial charge in [-0.25, -0.2) is 4.98 Å².